The molecular weight excluding hydrogens is 334 g/mol. The number of nitrogens with two attached hydrogens (primary N) is 1. The van der Waals surface area contributed by atoms with E-state index < -0.39 is 16.1 Å². The maximum atomic E-state index is 12.2. The summed E-state index contributed by atoms with van der Waals surface area (Å²) >= 11 is 1.76. The average molecular weight is 358 g/mol. The van der Waals surface area contributed by atoms with Crippen LogP contribution in [0.2, 0.25) is 0 Å². The fourth-order valence-electron chi connectivity index (χ4n) is 2.35. The van der Waals surface area contributed by atoms with Gasteiger partial charge in [0, 0.05) is 31.1 Å². The molecule has 0 aromatic heterocycles. The minimum absolute atomic E-state index is 0.0819. The molecule has 6 nitrogen and oxygen atoms in total. The van der Waals surface area contributed by atoms with Gasteiger partial charge >= 0.3 is 0 Å². The summed E-state index contributed by atoms with van der Waals surface area (Å²) in [6.45, 7) is 1.19. The van der Waals surface area contributed by atoms with Gasteiger partial charge in [0.1, 0.15) is 0 Å². The first-order valence-corrected chi connectivity index (χ1v) is 10.4. The number of amides is 1. The number of thioether (sulfide) groups is 1. The molecule has 23 heavy (non-hydrogen) atoms. The number of nitrogens with one attached hydrogen (secondary N) is 1. The van der Waals surface area contributed by atoms with Crippen LogP contribution in [0.3, 0.4) is 0 Å². The summed E-state index contributed by atoms with van der Waals surface area (Å²) in [5, 5.41) is 2.62. The third kappa shape index (κ3) is 5.80. The van der Waals surface area contributed by atoms with Crippen molar-refractivity contribution in [2.24, 2.45) is 5.73 Å². The first-order valence-electron chi connectivity index (χ1n) is 7.62. The first kappa shape index (κ1) is 18.3. The molecule has 0 spiro atoms. The number of carbonyl (C=O) groups is 1. The lowest BCUT2D eigenvalue weighted by atomic mass is 10.1. The lowest BCUT2D eigenvalue weighted by Gasteiger charge is -2.25. The first-order chi connectivity index (χ1) is 11.0. The Kier molecular flexibility index (Phi) is 6.88. The molecule has 1 saturated heterocycles. The van der Waals surface area contributed by atoms with Gasteiger partial charge in [-0.25, -0.2) is 12.7 Å². The Labute approximate surface area is 141 Å². The normalized spacial score (nSPS) is 17.6. The maximum absolute atomic E-state index is 12.2. The van der Waals surface area contributed by atoms with Gasteiger partial charge < -0.3 is 11.1 Å². The lowest BCUT2D eigenvalue weighted by molar-refractivity contribution is -0.122. The molecule has 3 N–H and O–H groups in total. The summed E-state index contributed by atoms with van der Waals surface area (Å²) < 4.78 is 25.8. The van der Waals surface area contributed by atoms with E-state index >= 15 is 0 Å². The number of benzene rings is 1. The Hall–Kier alpha value is -1.09. The molecule has 0 aliphatic carbocycles. The van der Waals surface area contributed by atoms with Crippen LogP contribution in [0.25, 0.3) is 0 Å². The molecule has 2 rings (SSSR count). The van der Waals surface area contributed by atoms with Gasteiger partial charge in [-0.3, -0.25) is 4.79 Å². The van der Waals surface area contributed by atoms with Gasteiger partial charge in [0.05, 0.1) is 11.8 Å². The summed E-state index contributed by atoms with van der Waals surface area (Å²) in [6, 6.07) is 8.83. The molecule has 1 aromatic carbocycles. The highest BCUT2D eigenvalue weighted by Crippen LogP contribution is 2.13. The molecule has 1 atom stereocenters. The van der Waals surface area contributed by atoms with Crippen molar-refractivity contribution in [3.05, 3.63) is 35.9 Å². The largest absolute Gasteiger partial charge is 0.354 e. The Balaban J connectivity index is 1.75. The van der Waals surface area contributed by atoms with E-state index in [0.29, 0.717) is 19.5 Å². The van der Waals surface area contributed by atoms with Crippen molar-refractivity contribution < 1.29 is 13.2 Å². The van der Waals surface area contributed by atoms with Crippen molar-refractivity contribution in [1.82, 2.24) is 9.62 Å². The predicted octanol–water partition coefficient (Wildman–Crippen LogP) is 0.0512. The van der Waals surface area contributed by atoms with E-state index in [1.54, 1.807) is 11.8 Å². The number of hydrogen-bond acceptors (Lipinski definition) is 5. The Morgan fingerprint density at radius 3 is 2.57 bits per heavy atom. The van der Waals surface area contributed by atoms with E-state index in [1.807, 2.05) is 30.3 Å². The van der Waals surface area contributed by atoms with Gasteiger partial charge in [-0.1, -0.05) is 30.3 Å². The zero-order valence-electron chi connectivity index (χ0n) is 13.0. The zero-order valence-corrected chi connectivity index (χ0v) is 14.6. The van der Waals surface area contributed by atoms with Crippen LogP contribution >= 0.6 is 11.8 Å². The summed E-state index contributed by atoms with van der Waals surface area (Å²) in [5.41, 5.74) is 6.85. The molecule has 1 aliphatic heterocycles. The molecule has 0 saturated carbocycles. The number of hydrogen-bond donors (Lipinski definition) is 2. The van der Waals surface area contributed by atoms with Crippen LogP contribution in [0, 0.1) is 0 Å². The molecule has 1 heterocycles. The molecule has 0 bridgehead atoms. The van der Waals surface area contributed by atoms with Crippen molar-refractivity contribution in [1.29, 1.82) is 0 Å². The molecule has 1 fully saturated rings. The Morgan fingerprint density at radius 1 is 1.26 bits per heavy atom. The van der Waals surface area contributed by atoms with Crippen LogP contribution in [-0.4, -0.2) is 61.6 Å². The van der Waals surface area contributed by atoms with E-state index in [2.05, 4.69) is 5.32 Å². The fourth-order valence-corrected chi connectivity index (χ4v) is 4.84. The number of carbonyl (C=O) groups excluding carboxylic acids is 1. The predicted molar refractivity (Wildman–Crippen MR) is 93.8 cm³/mol. The van der Waals surface area contributed by atoms with Gasteiger partial charge in [-0.15, -0.1) is 0 Å². The molecule has 128 valence electrons. The fraction of sp³-hybridized carbons (Fsp3) is 0.533. The summed E-state index contributed by atoms with van der Waals surface area (Å²) in [5.74, 6) is 1.25. The van der Waals surface area contributed by atoms with Crippen LogP contribution in [0.15, 0.2) is 30.3 Å². The zero-order chi connectivity index (χ0) is 16.7. The number of nitrogens with zero attached hydrogens (tertiary/aromatic N) is 1. The lowest BCUT2D eigenvalue weighted by Crippen LogP contribution is -2.45. The molecule has 0 unspecified atom stereocenters. The standard InChI is InChI=1S/C15H23N3O3S2/c16-14(12-13-4-2-1-3-5-13)15(19)17-6-11-23(20,21)18-7-9-22-10-8-18/h1-5,14H,6-12,16H2,(H,17,19)/t14-/m0/s1. The minimum atomic E-state index is -3.30. The van der Waals surface area contributed by atoms with Gasteiger partial charge in [-0.2, -0.15) is 11.8 Å². The topological polar surface area (TPSA) is 92.5 Å². The second kappa shape index (κ2) is 8.68. The van der Waals surface area contributed by atoms with Crippen molar-refractivity contribution in [2.45, 2.75) is 12.5 Å². The minimum Gasteiger partial charge on any atom is -0.354 e. The van der Waals surface area contributed by atoms with E-state index in [4.69, 9.17) is 5.73 Å². The van der Waals surface area contributed by atoms with Crippen molar-refractivity contribution >= 4 is 27.7 Å². The molecule has 8 heteroatoms. The summed E-state index contributed by atoms with van der Waals surface area (Å²) in [6.07, 6.45) is 0.433. The Morgan fingerprint density at radius 2 is 1.91 bits per heavy atom. The van der Waals surface area contributed by atoms with Crippen molar-refractivity contribution in [3.8, 4) is 0 Å². The van der Waals surface area contributed by atoms with E-state index in [0.717, 1.165) is 17.1 Å². The summed E-state index contributed by atoms with van der Waals surface area (Å²) in [7, 11) is -3.30. The van der Waals surface area contributed by atoms with Gasteiger partial charge in [0.25, 0.3) is 0 Å². The van der Waals surface area contributed by atoms with Crippen LogP contribution in [-0.2, 0) is 21.2 Å². The summed E-state index contributed by atoms with van der Waals surface area (Å²) in [4.78, 5) is 12.0. The van der Waals surface area contributed by atoms with Crippen LogP contribution in [0.4, 0.5) is 0 Å². The monoisotopic (exact) mass is 357 g/mol. The smallest absolute Gasteiger partial charge is 0.237 e. The highest BCUT2D eigenvalue weighted by molar-refractivity contribution is 7.99. The van der Waals surface area contributed by atoms with Gasteiger partial charge in [0.2, 0.25) is 15.9 Å². The highest BCUT2D eigenvalue weighted by Gasteiger charge is 2.24. The molecule has 1 aliphatic rings. The molecular formula is C15H23N3O3S2. The van der Waals surface area contributed by atoms with Gasteiger partial charge in [0.15, 0.2) is 0 Å². The van der Waals surface area contributed by atoms with Crippen molar-refractivity contribution in [2.75, 3.05) is 36.9 Å². The third-order valence-corrected chi connectivity index (χ3v) is 6.47. The average Bonchev–Trinajstić information content (AvgIpc) is 2.56. The second-order valence-electron chi connectivity index (χ2n) is 5.41. The third-order valence-electron chi connectivity index (χ3n) is 3.66. The molecule has 1 amide bonds. The quantitative estimate of drug-likeness (QED) is 0.719. The van der Waals surface area contributed by atoms with Crippen LogP contribution in [0.5, 0.6) is 0 Å². The highest BCUT2D eigenvalue weighted by atomic mass is 32.2. The number of rotatable bonds is 7. The van der Waals surface area contributed by atoms with Crippen LogP contribution in [0.1, 0.15) is 5.56 Å². The van der Waals surface area contributed by atoms with E-state index in [1.165, 1.54) is 4.31 Å². The van der Waals surface area contributed by atoms with Crippen LogP contribution < -0.4 is 11.1 Å². The van der Waals surface area contributed by atoms with E-state index in [-0.39, 0.29) is 18.2 Å². The van der Waals surface area contributed by atoms with Gasteiger partial charge in [-0.05, 0) is 12.0 Å². The van der Waals surface area contributed by atoms with E-state index in [9.17, 15) is 13.2 Å². The Bertz CT molecular complexity index is 602. The molecule has 0 radical (unpaired) electrons. The second-order valence-corrected chi connectivity index (χ2v) is 8.73. The molecule has 1 aromatic rings. The van der Waals surface area contributed by atoms with Crippen molar-refractivity contribution in [3.63, 3.8) is 0 Å². The maximum Gasteiger partial charge on any atom is 0.237 e. The number of sulfonamides is 1. The SMILES string of the molecule is N[C@@H](Cc1ccccc1)C(=O)NCCS(=O)(=O)N1CCSCC1.